The van der Waals surface area contributed by atoms with Gasteiger partial charge in [-0.2, -0.15) is 5.10 Å². The van der Waals surface area contributed by atoms with Crippen LogP contribution in [-0.4, -0.2) is 57.8 Å². The fourth-order valence-electron chi connectivity index (χ4n) is 3.51. The summed E-state index contributed by atoms with van der Waals surface area (Å²) in [5.74, 6) is 1.03. The Balaban J connectivity index is 1.64. The topological polar surface area (TPSA) is 93.8 Å². The summed E-state index contributed by atoms with van der Waals surface area (Å²) >= 11 is 0. The van der Waals surface area contributed by atoms with Crippen molar-refractivity contribution in [1.82, 2.24) is 19.2 Å². The molecule has 0 bridgehead atoms. The van der Waals surface area contributed by atoms with E-state index in [1.54, 1.807) is 39.7 Å². The molecule has 3 rings (SSSR count). The van der Waals surface area contributed by atoms with Crippen LogP contribution in [0, 0.1) is 5.92 Å². The van der Waals surface area contributed by atoms with E-state index in [0.717, 1.165) is 17.3 Å². The normalized spacial score (nSPS) is 15.0. The lowest BCUT2D eigenvalue weighted by atomic mass is 9.96. The molecule has 0 radical (unpaired) electrons. The molecule has 0 spiro atoms. The number of ether oxygens (including phenoxy) is 1. The van der Waals surface area contributed by atoms with E-state index in [2.05, 4.69) is 28.6 Å². The molecule has 2 aromatic heterocycles. The highest BCUT2D eigenvalue weighted by molar-refractivity contribution is 5.94. The number of anilines is 1. The highest BCUT2D eigenvalue weighted by Crippen LogP contribution is 2.19. The highest BCUT2D eigenvalue weighted by Gasteiger charge is 2.28. The third kappa shape index (κ3) is 5.82. The van der Waals surface area contributed by atoms with Crippen LogP contribution in [0.15, 0.2) is 47.0 Å². The Hall–Kier alpha value is -3.46. The monoisotopic (exact) mass is 438 g/mol. The van der Waals surface area contributed by atoms with Crippen molar-refractivity contribution >= 4 is 30.2 Å². The van der Waals surface area contributed by atoms with E-state index in [0.29, 0.717) is 49.9 Å². The number of likely N-dealkylation sites (tertiary alicyclic amines) is 1. The molecule has 1 aliphatic rings. The van der Waals surface area contributed by atoms with Crippen LogP contribution in [-0.2, 0) is 22.6 Å². The third-order valence-corrected chi connectivity index (χ3v) is 5.42. The van der Waals surface area contributed by atoms with E-state index >= 15 is 0 Å². The van der Waals surface area contributed by atoms with Gasteiger partial charge in [-0.3, -0.25) is 14.3 Å². The molecule has 1 N–H and O–H groups in total. The minimum absolute atomic E-state index is 0.0444. The number of aromatic nitrogens is 3. The lowest BCUT2D eigenvalue weighted by Crippen LogP contribution is -2.50. The van der Waals surface area contributed by atoms with E-state index in [-0.39, 0.29) is 11.5 Å². The van der Waals surface area contributed by atoms with Gasteiger partial charge >= 0.3 is 0 Å². The molecule has 0 saturated carbocycles. The van der Waals surface area contributed by atoms with Crippen molar-refractivity contribution in [2.45, 2.75) is 26.4 Å². The number of carbonyl (C=O) groups excluding carboxylic acids is 1. The Kier molecular flexibility index (Phi) is 7.77. The Morgan fingerprint density at radius 1 is 1.38 bits per heavy atom. The van der Waals surface area contributed by atoms with Gasteiger partial charge in [0.05, 0.1) is 25.0 Å². The molecule has 2 aromatic rings. The maximum Gasteiger partial charge on any atom is 0.250 e. The second-order valence-electron chi connectivity index (χ2n) is 7.78. The summed E-state index contributed by atoms with van der Waals surface area (Å²) in [6.45, 7) is 12.7. The smallest absolute Gasteiger partial charge is 0.250 e. The van der Waals surface area contributed by atoms with Crippen LogP contribution in [0.4, 0.5) is 5.69 Å². The average molecular weight is 439 g/mol. The number of hydrogen-bond donors (Lipinski definition) is 1. The standard InChI is InChI=1S/C23H30N6O3/c1-5-22(30)27-14-19(15-27)8-9-29-17(2)20(6-7-23(29)31)12-24-18(3)26-21-13-25-28(16-21)10-11-32-4/h5-7,12-13,16,19H,1-2,8-11,14-15H2,3-4H3,(H,24,26)/b20-12-. The average Bonchev–Trinajstić information content (AvgIpc) is 3.19. The predicted molar refractivity (Wildman–Crippen MR) is 126 cm³/mol. The van der Waals surface area contributed by atoms with Crippen LogP contribution in [0.25, 0.3) is 12.8 Å². The van der Waals surface area contributed by atoms with Crippen LogP contribution in [0.5, 0.6) is 0 Å². The van der Waals surface area contributed by atoms with E-state index in [1.807, 2.05) is 13.1 Å². The first-order chi connectivity index (χ1) is 15.4. The largest absolute Gasteiger partial charge is 0.383 e. The molecule has 9 nitrogen and oxygen atoms in total. The van der Waals surface area contributed by atoms with Crippen LogP contribution in [0.2, 0.25) is 0 Å². The Morgan fingerprint density at radius 3 is 2.88 bits per heavy atom. The molecule has 0 unspecified atom stereocenters. The zero-order valence-corrected chi connectivity index (χ0v) is 18.7. The van der Waals surface area contributed by atoms with E-state index in [1.165, 1.54) is 12.1 Å². The van der Waals surface area contributed by atoms with Gasteiger partial charge in [0.1, 0.15) is 5.84 Å². The summed E-state index contributed by atoms with van der Waals surface area (Å²) in [6.07, 6.45) is 7.45. The fraction of sp³-hybridized carbons (Fsp3) is 0.391. The van der Waals surface area contributed by atoms with Crippen LogP contribution < -0.4 is 21.4 Å². The predicted octanol–water partition coefficient (Wildman–Crippen LogP) is 0.405. The second-order valence-corrected chi connectivity index (χ2v) is 7.78. The quantitative estimate of drug-likeness (QED) is 0.348. The second kappa shape index (κ2) is 10.7. The Bertz CT molecular complexity index is 1160. The first-order valence-electron chi connectivity index (χ1n) is 10.5. The number of amidine groups is 1. The van der Waals surface area contributed by atoms with Crippen molar-refractivity contribution in [1.29, 1.82) is 0 Å². The van der Waals surface area contributed by atoms with Gasteiger partial charge in [0.15, 0.2) is 0 Å². The number of amides is 1. The van der Waals surface area contributed by atoms with Crippen LogP contribution in [0.3, 0.4) is 0 Å². The Morgan fingerprint density at radius 2 is 2.16 bits per heavy atom. The molecule has 0 aromatic carbocycles. The molecule has 3 heterocycles. The molecule has 32 heavy (non-hydrogen) atoms. The van der Waals surface area contributed by atoms with Gasteiger partial charge in [-0.1, -0.05) is 13.2 Å². The van der Waals surface area contributed by atoms with Crippen LogP contribution >= 0.6 is 0 Å². The zero-order chi connectivity index (χ0) is 23.1. The number of carbonyl (C=O) groups is 1. The van der Waals surface area contributed by atoms with E-state index in [9.17, 15) is 9.59 Å². The van der Waals surface area contributed by atoms with Crippen molar-refractivity contribution in [3.63, 3.8) is 0 Å². The summed E-state index contributed by atoms with van der Waals surface area (Å²) in [7, 11) is 1.66. The maximum absolute atomic E-state index is 12.4. The van der Waals surface area contributed by atoms with Crippen molar-refractivity contribution in [2.24, 2.45) is 10.9 Å². The summed E-state index contributed by atoms with van der Waals surface area (Å²) in [5, 5.41) is 8.86. The van der Waals surface area contributed by atoms with Crippen molar-refractivity contribution < 1.29 is 9.53 Å². The summed E-state index contributed by atoms with van der Waals surface area (Å²) in [6, 6.07) is 3.27. The van der Waals surface area contributed by atoms with Gasteiger partial charge in [-0.15, -0.1) is 0 Å². The van der Waals surface area contributed by atoms with Gasteiger partial charge in [0.25, 0.3) is 5.56 Å². The van der Waals surface area contributed by atoms with Crippen molar-refractivity contribution in [3.8, 4) is 0 Å². The molecule has 1 fully saturated rings. The van der Waals surface area contributed by atoms with Gasteiger partial charge in [0, 0.05) is 55.8 Å². The lowest BCUT2D eigenvalue weighted by molar-refractivity contribution is -0.132. The summed E-state index contributed by atoms with van der Waals surface area (Å²) < 4.78 is 8.51. The SMILES string of the molecule is C=CC(=O)N1CC(CCn2c(=O)cc/c(=C/N=C(C)Nc3cnn(CCOC)c3)c2=C)C1. The molecule has 1 amide bonds. The molecule has 0 aliphatic carbocycles. The summed E-state index contributed by atoms with van der Waals surface area (Å²) in [5.41, 5.74) is 0.743. The highest BCUT2D eigenvalue weighted by atomic mass is 16.5. The molecule has 1 saturated heterocycles. The molecular weight excluding hydrogens is 408 g/mol. The zero-order valence-electron chi connectivity index (χ0n) is 18.7. The number of aliphatic imine (C=N–C) groups is 1. The number of pyridine rings is 1. The maximum atomic E-state index is 12.4. The number of methoxy groups -OCH3 is 1. The summed E-state index contributed by atoms with van der Waals surface area (Å²) in [4.78, 5) is 30.1. The molecule has 0 atom stereocenters. The molecule has 1 aliphatic heterocycles. The fourth-order valence-corrected chi connectivity index (χ4v) is 3.51. The molecule has 9 heteroatoms. The van der Waals surface area contributed by atoms with Crippen molar-refractivity contribution in [3.05, 3.63) is 58.1 Å². The minimum atomic E-state index is -0.0900. The van der Waals surface area contributed by atoms with E-state index < -0.39 is 0 Å². The van der Waals surface area contributed by atoms with Crippen LogP contribution in [0.1, 0.15) is 13.3 Å². The Labute approximate surface area is 187 Å². The molecule has 170 valence electrons. The van der Waals surface area contributed by atoms with Gasteiger partial charge in [-0.25, -0.2) is 4.99 Å². The molecular formula is C23H30N6O3. The number of hydrogen-bond acceptors (Lipinski definition) is 5. The van der Waals surface area contributed by atoms with Gasteiger partial charge in [-0.05, 0) is 31.4 Å². The van der Waals surface area contributed by atoms with E-state index in [4.69, 9.17) is 4.74 Å². The number of nitrogens with one attached hydrogen (secondary N) is 1. The van der Waals surface area contributed by atoms with Gasteiger partial charge < -0.3 is 19.5 Å². The first kappa shape index (κ1) is 23.2. The third-order valence-electron chi connectivity index (χ3n) is 5.42. The van der Waals surface area contributed by atoms with Crippen molar-refractivity contribution in [2.75, 3.05) is 32.1 Å². The number of nitrogens with zero attached hydrogens (tertiary/aromatic N) is 5. The first-order valence-corrected chi connectivity index (χ1v) is 10.5. The van der Waals surface area contributed by atoms with Gasteiger partial charge in [0.2, 0.25) is 5.91 Å². The lowest BCUT2D eigenvalue weighted by Gasteiger charge is -2.38. The minimum Gasteiger partial charge on any atom is -0.383 e. The number of rotatable bonds is 9.